The van der Waals surface area contributed by atoms with E-state index in [1.165, 1.54) is 4.31 Å². The van der Waals surface area contributed by atoms with Crippen LogP contribution in [0.5, 0.6) is 0 Å². The molecule has 0 atom stereocenters. The molecule has 0 bridgehead atoms. The predicted molar refractivity (Wildman–Crippen MR) is 145 cm³/mol. The van der Waals surface area contributed by atoms with Gasteiger partial charge in [-0.15, -0.1) is 0 Å². The van der Waals surface area contributed by atoms with E-state index >= 15 is 0 Å². The first kappa shape index (κ1) is 24.5. The standard InChI is InChI=1S/C28H23ClN4O4S/c1-18-30-28(31-37-18)23-5-4-20-3-2-19(12-24(20)13-23)16-32-10-11-33(17-27(32)34)38(35,36)26-9-7-21-14-25(29)8-6-22(21)15-26/h2-9,12-15H,10-11,16-17H2,1H3. The molecular formula is C28H23ClN4O4S. The minimum atomic E-state index is -3.82. The summed E-state index contributed by atoms with van der Waals surface area (Å²) in [6.45, 7) is 2.47. The van der Waals surface area contributed by atoms with Gasteiger partial charge in [0.2, 0.25) is 27.6 Å². The number of halogens is 1. The maximum absolute atomic E-state index is 13.3. The zero-order valence-electron chi connectivity index (χ0n) is 20.5. The van der Waals surface area contributed by atoms with Crippen molar-refractivity contribution in [1.82, 2.24) is 19.3 Å². The van der Waals surface area contributed by atoms with E-state index in [1.807, 2.05) is 36.4 Å². The summed E-state index contributed by atoms with van der Waals surface area (Å²) in [5, 5.41) is 8.25. The molecule has 1 amide bonds. The fraction of sp³-hybridized carbons (Fsp3) is 0.179. The molecule has 1 aromatic heterocycles. The number of piperazine rings is 1. The Kier molecular flexibility index (Phi) is 6.14. The fourth-order valence-corrected chi connectivity index (χ4v) is 6.33. The molecule has 0 aliphatic carbocycles. The molecule has 5 aromatic rings. The van der Waals surface area contributed by atoms with Crippen LogP contribution in [0.2, 0.25) is 5.02 Å². The van der Waals surface area contributed by atoms with Gasteiger partial charge < -0.3 is 9.42 Å². The SMILES string of the molecule is Cc1nc(-c2ccc3ccc(CN4CCN(S(=O)(=O)c5ccc6cc(Cl)ccc6c5)CC4=O)cc3c2)no1. The van der Waals surface area contributed by atoms with E-state index in [0.29, 0.717) is 29.8 Å². The monoisotopic (exact) mass is 546 g/mol. The van der Waals surface area contributed by atoms with Crippen molar-refractivity contribution < 1.29 is 17.7 Å². The average Bonchev–Trinajstić information content (AvgIpc) is 3.35. The summed E-state index contributed by atoms with van der Waals surface area (Å²) in [7, 11) is -3.82. The van der Waals surface area contributed by atoms with E-state index in [0.717, 1.165) is 32.7 Å². The Labute approximate surface area is 224 Å². The Morgan fingerprint density at radius 1 is 0.895 bits per heavy atom. The summed E-state index contributed by atoms with van der Waals surface area (Å²) in [6.07, 6.45) is 0. The lowest BCUT2D eigenvalue weighted by atomic mass is 10.0. The topological polar surface area (TPSA) is 96.6 Å². The van der Waals surface area contributed by atoms with Gasteiger partial charge in [0.25, 0.3) is 0 Å². The molecule has 2 heterocycles. The van der Waals surface area contributed by atoms with Crippen LogP contribution in [-0.2, 0) is 21.4 Å². The molecule has 8 nitrogen and oxygen atoms in total. The van der Waals surface area contributed by atoms with Crippen LogP contribution in [0.3, 0.4) is 0 Å². The largest absolute Gasteiger partial charge is 0.339 e. The number of carbonyl (C=O) groups excluding carboxylic acids is 1. The number of rotatable bonds is 5. The van der Waals surface area contributed by atoms with Crippen LogP contribution in [-0.4, -0.2) is 53.3 Å². The summed E-state index contributed by atoms with van der Waals surface area (Å²) in [4.78, 5) is 19.2. The highest BCUT2D eigenvalue weighted by atomic mass is 35.5. The van der Waals surface area contributed by atoms with Crippen molar-refractivity contribution in [3.63, 3.8) is 0 Å². The van der Waals surface area contributed by atoms with E-state index in [9.17, 15) is 13.2 Å². The first-order chi connectivity index (χ1) is 18.3. The molecule has 1 fully saturated rings. The molecule has 4 aromatic carbocycles. The molecule has 0 saturated carbocycles. The van der Waals surface area contributed by atoms with Gasteiger partial charge in [0, 0.05) is 37.1 Å². The van der Waals surface area contributed by atoms with Crippen molar-refractivity contribution in [3.05, 3.63) is 89.3 Å². The predicted octanol–water partition coefficient (Wildman–Crippen LogP) is 5.04. The molecule has 0 radical (unpaired) electrons. The quantitative estimate of drug-likeness (QED) is 0.306. The Morgan fingerprint density at radius 3 is 2.45 bits per heavy atom. The maximum Gasteiger partial charge on any atom is 0.243 e. The first-order valence-corrected chi connectivity index (χ1v) is 13.9. The third-order valence-electron chi connectivity index (χ3n) is 6.76. The Bertz CT molecular complexity index is 1820. The number of carbonyl (C=O) groups is 1. The van der Waals surface area contributed by atoms with Crippen LogP contribution < -0.4 is 0 Å². The smallest absolute Gasteiger partial charge is 0.243 e. The molecule has 10 heteroatoms. The minimum Gasteiger partial charge on any atom is -0.339 e. The van der Waals surface area contributed by atoms with Crippen LogP contribution in [0.1, 0.15) is 11.5 Å². The Morgan fingerprint density at radius 2 is 1.66 bits per heavy atom. The van der Waals surface area contributed by atoms with Crippen molar-refractivity contribution in [2.24, 2.45) is 0 Å². The van der Waals surface area contributed by atoms with E-state index in [4.69, 9.17) is 16.1 Å². The van der Waals surface area contributed by atoms with Gasteiger partial charge in [-0.05, 0) is 63.5 Å². The second-order valence-corrected chi connectivity index (χ2v) is 11.7. The van der Waals surface area contributed by atoms with Gasteiger partial charge in [0.05, 0.1) is 11.4 Å². The second kappa shape index (κ2) is 9.50. The summed E-state index contributed by atoms with van der Waals surface area (Å²) in [5.41, 5.74) is 1.80. The molecular weight excluding hydrogens is 524 g/mol. The highest BCUT2D eigenvalue weighted by molar-refractivity contribution is 7.89. The lowest BCUT2D eigenvalue weighted by Gasteiger charge is -2.33. The number of amides is 1. The first-order valence-electron chi connectivity index (χ1n) is 12.1. The van der Waals surface area contributed by atoms with Gasteiger partial charge in [-0.1, -0.05) is 53.2 Å². The Hall–Kier alpha value is -3.79. The average molecular weight is 547 g/mol. The van der Waals surface area contributed by atoms with Crippen LogP contribution in [0.25, 0.3) is 32.9 Å². The molecule has 0 N–H and O–H groups in total. The molecule has 6 rings (SSSR count). The molecule has 38 heavy (non-hydrogen) atoms. The molecule has 1 aliphatic heterocycles. The van der Waals surface area contributed by atoms with Crippen molar-refractivity contribution in [2.75, 3.05) is 19.6 Å². The minimum absolute atomic E-state index is 0.163. The highest BCUT2D eigenvalue weighted by Gasteiger charge is 2.33. The van der Waals surface area contributed by atoms with Gasteiger partial charge >= 0.3 is 0 Å². The van der Waals surface area contributed by atoms with Gasteiger partial charge in [-0.3, -0.25) is 4.79 Å². The normalized spacial score (nSPS) is 15.0. The summed E-state index contributed by atoms with van der Waals surface area (Å²) < 4.78 is 33.0. The number of hydrogen-bond acceptors (Lipinski definition) is 6. The lowest BCUT2D eigenvalue weighted by molar-refractivity contribution is -0.134. The molecule has 0 unspecified atom stereocenters. The van der Waals surface area contributed by atoms with Crippen molar-refractivity contribution in [2.45, 2.75) is 18.4 Å². The Balaban J connectivity index is 1.18. The zero-order valence-corrected chi connectivity index (χ0v) is 22.0. The van der Waals surface area contributed by atoms with Gasteiger partial charge in [-0.25, -0.2) is 8.42 Å². The second-order valence-electron chi connectivity index (χ2n) is 9.34. The third kappa shape index (κ3) is 4.64. The zero-order chi connectivity index (χ0) is 26.4. The van der Waals surface area contributed by atoms with Crippen LogP contribution in [0.4, 0.5) is 0 Å². The number of fused-ring (bicyclic) bond motifs is 2. The van der Waals surface area contributed by atoms with Crippen molar-refractivity contribution in [3.8, 4) is 11.4 Å². The number of sulfonamides is 1. The summed E-state index contributed by atoms with van der Waals surface area (Å²) in [6, 6.07) is 22.2. The fourth-order valence-electron chi connectivity index (χ4n) is 4.73. The van der Waals surface area contributed by atoms with Gasteiger partial charge in [0.1, 0.15) is 0 Å². The number of aryl methyl sites for hydroxylation is 1. The molecule has 1 aliphatic rings. The highest BCUT2D eigenvalue weighted by Crippen LogP contribution is 2.27. The van der Waals surface area contributed by atoms with E-state index < -0.39 is 10.0 Å². The lowest BCUT2D eigenvalue weighted by Crippen LogP contribution is -2.51. The number of benzene rings is 4. The van der Waals surface area contributed by atoms with Crippen molar-refractivity contribution in [1.29, 1.82) is 0 Å². The van der Waals surface area contributed by atoms with E-state index in [2.05, 4.69) is 10.1 Å². The number of nitrogens with zero attached hydrogens (tertiary/aromatic N) is 4. The summed E-state index contributed by atoms with van der Waals surface area (Å²) in [5.74, 6) is 0.792. The maximum atomic E-state index is 13.3. The number of aromatic nitrogens is 2. The molecule has 0 spiro atoms. The van der Waals surface area contributed by atoms with Crippen molar-refractivity contribution >= 4 is 49.1 Å². The van der Waals surface area contributed by atoms with E-state index in [-0.39, 0.29) is 23.9 Å². The van der Waals surface area contributed by atoms with Crippen LogP contribution in [0, 0.1) is 6.92 Å². The van der Waals surface area contributed by atoms with Gasteiger partial charge in [0.15, 0.2) is 0 Å². The third-order valence-corrected chi connectivity index (χ3v) is 8.84. The molecule has 192 valence electrons. The molecule has 1 saturated heterocycles. The van der Waals surface area contributed by atoms with Crippen LogP contribution in [0.15, 0.2) is 82.2 Å². The van der Waals surface area contributed by atoms with Gasteiger partial charge in [-0.2, -0.15) is 9.29 Å². The number of hydrogen-bond donors (Lipinski definition) is 0. The van der Waals surface area contributed by atoms with Crippen LogP contribution >= 0.6 is 11.6 Å². The van der Waals surface area contributed by atoms with E-state index in [1.54, 1.807) is 48.2 Å². The summed E-state index contributed by atoms with van der Waals surface area (Å²) >= 11 is 6.04.